The number of likely N-dealkylation sites (N-methyl/N-ethyl adjacent to an activating group) is 2. The Morgan fingerprint density at radius 3 is 1.86 bits per heavy atom. The summed E-state index contributed by atoms with van der Waals surface area (Å²) in [6, 6.07) is 0. The number of rotatable bonds is 24. The van der Waals surface area contributed by atoms with Crippen molar-refractivity contribution in [1.82, 2.24) is 39.5 Å². The van der Waals surface area contributed by atoms with Crippen LogP contribution >= 0.6 is 31.3 Å². The van der Waals surface area contributed by atoms with Crippen LogP contribution < -0.4 is 43.4 Å². The number of nitrogens with two attached hydrogens (primary N) is 3. The summed E-state index contributed by atoms with van der Waals surface area (Å²) in [5.74, 6) is -1.06. The van der Waals surface area contributed by atoms with E-state index in [1.807, 2.05) is 0 Å². The average Bonchev–Trinajstić information content (AvgIpc) is 4.12. The number of anilines is 6. The van der Waals surface area contributed by atoms with Crippen LogP contribution in [0.5, 0.6) is 0 Å². The van der Waals surface area contributed by atoms with Crippen LogP contribution in [-0.2, 0) is 68.7 Å². The van der Waals surface area contributed by atoms with Gasteiger partial charge in [-0.1, -0.05) is 0 Å². The van der Waals surface area contributed by atoms with E-state index < -0.39 is 136 Å². The van der Waals surface area contributed by atoms with E-state index in [9.17, 15) is 62.7 Å². The topological polar surface area (TPSA) is 555 Å². The van der Waals surface area contributed by atoms with Gasteiger partial charge in [0.15, 0.2) is 47.5 Å². The van der Waals surface area contributed by atoms with Crippen LogP contribution in [0, 0.1) is 0 Å². The van der Waals surface area contributed by atoms with Crippen LogP contribution in [0.15, 0.2) is 27.2 Å². The Hall–Kier alpha value is -5.02. The fraction of sp³-hybridized carbons (Fsp3) is 0.588. The Balaban J connectivity index is 1.02. The van der Waals surface area contributed by atoms with Crippen molar-refractivity contribution in [2.24, 2.45) is 4.99 Å². The second-order valence-electron chi connectivity index (χ2n) is 16.5. The molecule has 4 aromatic heterocycles. The van der Waals surface area contributed by atoms with Crippen LogP contribution in [0.2, 0.25) is 0 Å². The van der Waals surface area contributed by atoms with Crippen LogP contribution in [0.3, 0.4) is 0 Å². The van der Waals surface area contributed by atoms with E-state index in [1.54, 1.807) is 0 Å². The number of hydrogen-bond donors (Lipinski definition) is 13. The van der Waals surface area contributed by atoms with Gasteiger partial charge in [0.25, 0.3) is 11.1 Å². The van der Waals surface area contributed by atoms with Crippen molar-refractivity contribution >= 4 is 89.9 Å². The lowest BCUT2D eigenvalue weighted by atomic mass is 10.1. The molecular formula is C34H53N15O24P4. The second-order valence-corrected chi connectivity index (χ2v) is 22.6. The molecule has 428 valence electrons. The Morgan fingerprint density at radius 1 is 0.727 bits per heavy atom. The van der Waals surface area contributed by atoms with Gasteiger partial charge in [0.2, 0.25) is 11.9 Å². The maximum atomic E-state index is 13.7. The fourth-order valence-corrected chi connectivity index (χ4v) is 12.7. The van der Waals surface area contributed by atoms with Crippen LogP contribution in [0.4, 0.5) is 40.7 Å². The zero-order chi connectivity index (χ0) is 56.7. The van der Waals surface area contributed by atoms with Gasteiger partial charge in [-0.05, 0) is 6.72 Å². The largest absolute Gasteiger partial charge is 0.490 e. The standard InChI is InChI=1S/C34H53N15O24P4/c1-38-16-26(43-33(36)45-28(16)53)47(3)30-19(51)18(50)12(68-30)7-65-74(55,56)71-22-14(70-32(23(22)64-6)49-11-42-15-24(35)40-10-41-25(15)49)9-67-76(59,60)73-77(61,62)72-75(57,58)66-8-13-21(63-5)20(52)31(69-13)48(4)27-17(39-2)29(54)46-34(37)44-27/h10-14,18-23,30-32,39,50-52H,1,7-9H2,2-6H3,(H,55,56)(H,57,58)(H,59,60)(H,61,62)(H2,35,40,41)(H3,36,43,45,53)(H3,37,44,46,54)/t12-,13-,14-,18?,19?,20?,21?,22?,23?,30-,31-,32-/m1/s1. The van der Waals surface area contributed by atoms with E-state index in [2.05, 4.69) is 60.5 Å². The molecule has 10 unspecified atom stereocenters. The minimum absolute atomic E-state index is 0.00879. The molecule has 7 heterocycles. The Bertz CT molecular complexity index is 3120. The lowest BCUT2D eigenvalue weighted by Gasteiger charge is -2.28. The van der Waals surface area contributed by atoms with E-state index >= 15 is 0 Å². The molecule has 0 radical (unpaired) electrons. The molecule has 0 bridgehead atoms. The molecular weight excluding hydrogens is 1130 g/mol. The number of aliphatic hydroxyl groups is 3. The van der Waals surface area contributed by atoms with Crippen molar-refractivity contribution in [2.45, 2.75) is 73.6 Å². The van der Waals surface area contributed by atoms with Crippen molar-refractivity contribution in [3.8, 4) is 0 Å². The van der Waals surface area contributed by atoms with Gasteiger partial charge < -0.3 is 90.9 Å². The summed E-state index contributed by atoms with van der Waals surface area (Å²) < 4.78 is 111. The van der Waals surface area contributed by atoms with E-state index in [4.69, 9.17) is 59.0 Å². The molecule has 16 N–H and O–H groups in total. The fourth-order valence-electron chi connectivity index (χ4n) is 8.22. The number of phosphoric acid groups is 4. The number of imidazole rings is 1. The number of methoxy groups -OCH3 is 2. The van der Waals surface area contributed by atoms with Crippen molar-refractivity contribution in [3.05, 3.63) is 33.4 Å². The highest BCUT2D eigenvalue weighted by atomic mass is 31.3. The van der Waals surface area contributed by atoms with Gasteiger partial charge in [-0.3, -0.25) is 47.2 Å². The van der Waals surface area contributed by atoms with Gasteiger partial charge in [0.1, 0.15) is 72.5 Å². The Labute approximate surface area is 431 Å². The van der Waals surface area contributed by atoms with Crippen LogP contribution in [-0.4, -0.2) is 204 Å². The lowest BCUT2D eigenvalue weighted by molar-refractivity contribution is -0.0577. The summed E-state index contributed by atoms with van der Waals surface area (Å²) in [6.07, 6.45) is -17.0. The minimum Gasteiger partial charge on any atom is -0.387 e. The predicted octanol–water partition coefficient (Wildman–Crippen LogP) is -3.28. The summed E-state index contributed by atoms with van der Waals surface area (Å²) in [5.41, 5.74) is 15.5. The molecule has 3 saturated heterocycles. The highest BCUT2D eigenvalue weighted by Gasteiger charge is 2.54. The third-order valence-corrected chi connectivity index (χ3v) is 16.9. The van der Waals surface area contributed by atoms with E-state index in [0.29, 0.717) is 0 Å². The summed E-state index contributed by atoms with van der Waals surface area (Å²) in [5, 5.41) is 35.4. The third kappa shape index (κ3) is 13.0. The SMILES string of the molecule is C=Nc1c(N(C)[C@@H]2O[C@H](COP(=O)(O)OC3C(OC)[C@H](n4cnc5c(N)ncnc54)O[C@@H]3COP(=O)(O)OP(=O)(O)OP(=O)(O)OC[C@H]3O[C@@H](N(C)c4nc(N)[nH]c(=O)c4NC)C(O)C3OC)C(O)C2O)nc(N)[nH]c1=O. The normalized spacial score (nSPS) is 29.6. The smallest absolute Gasteiger partial charge is 0.387 e. The number of aliphatic imine (C=N–C) groups is 1. The summed E-state index contributed by atoms with van der Waals surface area (Å²) in [6.45, 7) is 0.0410. The number of aromatic nitrogens is 8. The first-order valence-electron chi connectivity index (χ1n) is 21.8. The molecule has 43 heteroatoms. The maximum Gasteiger partial charge on any atom is 0.490 e. The first kappa shape index (κ1) is 59.6. The third-order valence-electron chi connectivity index (χ3n) is 11.7. The second kappa shape index (κ2) is 23.4. The molecule has 4 aromatic rings. The van der Waals surface area contributed by atoms with Crippen molar-refractivity contribution in [3.63, 3.8) is 0 Å². The number of aliphatic hydroxyl groups excluding tert-OH is 3. The molecule has 3 aliphatic rings. The van der Waals surface area contributed by atoms with E-state index in [-0.39, 0.29) is 51.9 Å². The molecule has 77 heavy (non-hydrogen) atoms. The summed E-state index contributed by atoms with van der Waals surface area (Å²) in [4.78, 5) is 98.0. The number of H-pyrrole nitrogens is 2. The first-order chi connectivity index (χ1) is 36.0. The van der Waals surface area contributed by atoms with Crippen LogP contribution in [0.1, 0.15) is 6.23 Å². The van der Waals surface area contributed by atoms with Crippen LogP contribution in [0.25, 0.3) is 11.2 Å². The van der Waals surface area contributed by atoms with Gasteiger partial charge in [-0.25, -0.2) is 33.2 Å². The number of fused-ring (bicyclic) bond motifs is 1. The van der Waals surface area contributed by atoms with E-state index in [1.165, 1.54) is 30.6 Å². The zero-order valence-electron chi connectivity index (χ0n) is 40.5. The van der Waals surface area contributed by atoms with Gasteiger partial charge in [-0.2, -0.15) is 18.6 Å². The van der Waals surface area contributed by atoms with Crippen molar-refractivity contribution < 1.29 is 104 Å². The lowest BCUT2D eigenvalue weighted by Crippen LogP contribution is -2.44. The molecule has 0 saturated carbocycles. The van der Waals surface area contributed by atoms with Gasteiger partial charge in [0, 0.05) is 35.4 Å². The number of ether oxygens (including phenoxy) is 5. The van der Waals surface area contributed by atoms with Gasteiger partial charge in [-0.15, -0.1) is 0 Å². The quantitative estimate of drug-likeness (QED) is 0.0242. The number of nitrogens with zero attached hydrogens (tertiary/aromatic N) is 9. The molecule has 3 aliphatic heterocycles. The molecule has 39 nitrogen and oxygen atoms in total. The summed E-state index contributed by atoms with van der Waals surface area (Å²) in [7, 11) is -17.1. The minimum atomic E-state index is -6.19. The number of hydrogen-bond acceptors (Lipinski definition) is 32. The molecule has 16 atom stereocenters. The molecule has 0 aliphatic carbocycles. The number of phosphoric ester groups is 3. The Morgan fingerprint density at radius 2 is 1.26 bits per heavy atom. The zero-order valence-corrected chi connectivity index (χ0v) is 44.1. The average molecular weight is 1180 g/mol. The Kier molecular flexibility index (Phi) is 18.1. The number of nitrogens with one attached hydrogen (secondary N) is 3. The number of nitrogen functional groups attached to an aromatic ring is 3. The number of aromatic amines is 2. The molecule has 0 aromatic carbocycles. The predicted molar refractivity (Wildman–Crippen MR) is 259 cm³/mol. The highest BCUT2D eigenvalue weighted by Crippen LogP contribution is 2.68. The van der Waals surface area contributed by atoms with E-state index in [0.717, 1.165) is 31.8 Å². The van der Waals surface area contributed by atoms with Crippen molar-refractivity contribution in [2.75, 3.05) is 87.5 Å². The molecule has 0 spiro atoms. The van der Waals surface area contributed by atoms with Crippen molar-refractivity contribution in [1.29, 1.82) is 0 Å². The summed E-state index contributed by atoms with van der Waals surface area (Å²) >= 11 is 0. The first-order valence-corrected chi connectivity index (χ1v) is 27.8. The highest BCUT2D eigenvalue weighted by molar-refractivity contribution is 7.66. The molecule has 7 rings (SSSR count). The van der Waals surface area contributed by atoms with Gasteiger partial charge >= 0.3 is 31.3 Å². The molecule has 0 amide bonds. The monoisotopic (exact) mass is 1180 g/mol. The maximum absolute atomic E-state index is 13.7. The molecule has 3 fully saturated rings. The van der Waals surface area contributed by atoms with Gasteiger partial charge in [0.05, 0.1) is 26.1 Å².